The van der Waals surface area contributed by atoms with Gasteiger partial charge in [-0.25, -0.2) is 4.79 Å². The van der Waals surface area contributed by atoms with Crippen LogP contribution >= 0.6 is 27.5 Å². The number of imide groups is 2. The van der Waals surface area contributed by atoms with Crippen molar-refractivity contribution in [2.24, 2.45) is 0 Å². The van der Waals surface area contributed by atoms with Crippen molar-refractivity contribution < 1.29 is 28.3 Å². The molecule has 3 aromatic rings. The Morgan fingerprint density at radius 1 is 1.15 bits per heavy atom. The van der Waals surface area contributed by atoms with Crippen LogP contribution < -0.4 is 14.8 Å². The van der Waals surface area contributed by atoms with Crippen LogP contribution in [0, 0.1) is 0 Å². The molecule has 1 N–H and O–H groups in total. The van der Waals surface area contributed by atoms with Gasteiger partial charge in [-0.2, -0.15) is 0 Å². The van der Waals surface area contributed by atoms with E-state index in [2.05, 4.69) is 21.2 Å². The summed E-state index contributed by atoms with van der Waals surface area (Å²) in [6.07, 6.45) is 2.77. The average Bonchev–Trinajstić information content (AvgIpc) is 3.33. The normalized spacial score (nSPS) is 15.0. The smallest absolute Gasteiger partial charge is 0.331 e. The van der Waals surface area contributed by atoms with Gasteiger partial charge >= 0.3 is 6.03 Å². The number of rotatable bonds is 7. The molecule has 2 aromatic carbocycles. The standard InChI is InChI=1S/C24H18BrClN2O6/c1-32-20-11-15(10-19(26)21(20)34-13-14-4-6-16(25)7-5-14)9-18-22(29)27-24(31)28(23(18)30)12-17-3-2-8-33-17/h2-11H,12-13H2,1H3,(H,27,29,31)/b18-9+. The molecular weight excluding hydrogens is 528 g/mol. The number of ether oxygens (including phenoxy) is 2. The number of nitrogens with zero attached hydrogens (tertiary/aromatic N) is 1. The summed E-state index contributed by atoms with van der Waals surface area (Å²) < 4.78 is 17.4. The highest BCUT2D eigenvalue weighted by molar-refractivity contribution is 9.10. The van der Waals surface area contributed by atoms with Crippen LogP contribution in [0.15, 0.2) is 69.3 Å². The van der Waals surface area contributed by atoms with Gasteiger partial charge in [0.2, 0.25) is 0 Å². The van der Waals surface area contributed by atoms with Gasteiger partial charge in [0.1, 0.15) is 17.9 Å². The first-order chi connectivity index (χ1) is 16.4. The summed E-state index contributed by atoms with van der Waals surface area (Å²) in [5, 5.41) is 2.40. The molecule has 0 radical (unpaired) electrons. The van der Waals surface area contributed by atoms with Gasteiger partial charge in [0.05, 0.1) is 24.9 Å². The minimum absolute atomic E-state index is 0.116. The summed E-state index contributed by atoms with van der Waals surface area (Å²) in [7, 11) is 1.46. The predicted octanol–water partition coefficient (Wildman–Crippen LogP) is 4.95. The molecule has 0 saturated carbocycles. The summed E-state index contributed by atoms with van der Waals surface area (Å²) in [6.45, 7) is 0.143. The fraction of sp³-hybridized carbons (Fsp3) is 0.125. The van der Waals surface area contributed by atoms with E-state index in [0.29, 0.717) is 22.8 Å². The highest BCUT2D eigenvalue weighted by atomic mass is 79.9. The third-order valence-corrected chi connectivity index (χ3v) is 5.75. The van der Waals surface area contributed by atoms with E-state index in [1.165, 1.54) is 19.4 Å². The average molecular weight is 546 g/mol. The summed E-state index contributed by atoms with van der Waals surface area (Å²) >= 11 is 9.83. The van der Waals surface area contributed by atoms with Crippen molar-refractivity contribution in [1.82, 2.24) is 10.2 Å². The molecule has 8 nitrogen and oxygen atoms in total. The summed E-state index contributed by atoms with van der Waals surface area (Å²) in [5.74, 6) is -0.520. The van der Waals surface area contributed by atoms with Crippen LogP contribution in [-0.2, 0) is 22.7 Å². The second-order valence-electron chi connectivity index (χ2n) is 7.24. The topological polar surface area (TPSA) is 98.1 Å². The van der Waals surface area contributed by atoms with Gasteiger partial charge in [-0.3, -0.25) is 19.8 Å². The van der Waals surface area contributed by atoms with Crippen molar-refractivity contribution in [2.75, 3.05) is 7.11 Å². The summed E-state index contributed by atoms with van der Waals surface area (Å²) in [5.41, 5.74) is 1.12. The molecular formula is C24H18BrClN2O6. The molecule has 4 rings (SSSR count). The largest absolute Gasteiger partial charge is 0.493 e. The van der Waals surface area contributed by atoms with Crippen LogP contribution in [0.3, 0.4) is 0 Å². The number of carbonyl (C=O) groups excluding carboxylic acids is 3. The van der Waals surface area contributed by atoms with E-state index < -0.39 is 17.8 Å². The fourth-order valence-electron chi connectivity index (χ4n) is 3.26. The van der Waals surface area contributed by atoms with Gasteiger partial charge in [0, 0.05) is 4.47 Å². The number of urea groups is 1. The lowest BCUT2D eigenvalue weighted by Crippen LogP contribution is -2.53. The Morgan fingerprint density at radius 3 is 2.59 bits per heavy atom. The van der Waals surface area contributed by atoms with Crippen LogP contribution in [0.1, 0.15) is 16.9 Å². The summed E-state index contributed by atoms with van der Waals surface area (Å²) in [6, 6.07) is 13.2. The zero-order chi connectivity index (χ0) is 24.2. The van der Waals surface area contributed by atoms with Gasteiger partial charge in [-0.15, -0.1) is 0 Å². The molecule has 1 aromatic heterocycles. The molecule has 1 aliphatic heterocycles. The van der Waals surface area contributed by atoms with E-state index in [4.69, 9.17) is 25.5 Å². The Bertz CT molecular complexity index is 1270. The van der Waals surface area contributed by atoms with E-state index >= 15 is 0 Å². The lowest BCUT2D eigenvalue weighted by Gasteiger charge is -2.25. The van der Waals surface area contributed by atoms with Crippen molar-refractivity contribution in [3.8, 4) is 11.5 Å². The molecule has 2 heterocycles. The Kier molecular flexibility index (Phi) is 7.04. The van der Waals surface area contributed by atoms with E-state index in [-0.39, 0.29) is 23.7 Å². The number of hydrogen-bond donors (Lipinski definition) is 1. The van der Waals surface area contributed by atoms with Crippen molar-refractivity contribution in [3.05, 3.63) is 86.7 Å². The number of benzene rings is 2. The first-order valence-corrected chi connectivity index (χ1v) is 11.2. The van der Waals surface area contributed by atoms with Crippen molar-refractivity contribution in [2.45, 2.75) is 13.2 Å². The van der Waals surface area contributed by atoms with Crippen LogP contribution in [0.2, 0.25) is 5.02 Å². The van der Waals surface area contributed by atoms with Crippen LogP contribution in [0.4, 0.5) is 4.79 Å². The number of carbonyl (C=O) groups is 3. The fourth-order valence-corrected chi connectivity index (χ4v) is 3.80. The lowest BCUT2D eigenvalue weighted by molar-refractivity contribution is -0.130. The molecule has 0 aliphatic carbocycles. The maximum Gasteiger partial charge on any atom is 0.331 e. The molecule has 0 atom stereocenters. The molecule has 0 unspecified atom stereocenters. The Hall–Kier alpha value is -3.56. The van der Waals surface area contributed by atoms with Gasteiger partial charge in [-0.1, -0.05) is 39.7 Å². The highest BCUT2D eigenvalue weighted by Crippen LogP contribution is 2.37. The van der Waals surface area contributed by atoms with Crippen LogP contribution in [-0.4, -0.2) is 29.9 Å². The highest BCUT2D eigenvalue weighted by Gasteiger charge is 2.36. The van der Waals surface area contributed by atoms with Crippen molar-refractivity contribution >= 4 is 51.5 Å². The SMILES string of the molecule is COc1cc(/C=C2\C(=O)NC(=O)N(Cc3ccco3)C2=O)cc(Cl)c1OCc1ccc(Br)cc1. The number of methoxy groups -OCH3 is 1. The molecule has 0 bridgehead atoms. The Balaban J connectivity index is 1.59. The van der Waals surface area contributed by atoms with Crippen LogP contribution in [0.25, 0.3) is 6.08 Å². The zero-order valence-corrected chi connectivity index (χ0v) is 20.2. The van der Waals surface area contributed by atoms with E-state index in [1.54, 1.807) is 24.3 Å². The second-order valence-corrected chi connectivity index (χ2v) is 8.56. The first kappa shape index (κ1) is 23.6. The number of halogens is 2. The Morgan fingerprint density at radius 2 is 1.91 bits per heavy atom. The first-order valence-electron chi connectivity index (χ1n) is 10.0. The molecule has 0 spiro atoms. The van der Waals surface area contributed by atoms with Gasteiger partial charge < -0.3 is 13.9 Å². The molecule has 1 aliphatic rings. The van der Waals surface area contributed by atoms with Crippen molar-refractivity contribution in [3.63, 3.8) is 0 Å². The zero-order valence-electron chi connectivity index (χ0n) is 17.8. The minimum Gasteiger partial charge on any atom is -0.493 e. The number of amides is 4. The number of nitrogens with one attached hydrogen (secondary N) is 1. The number of barbiturate groups is 1. The maximum atomic E-state index is 12.9. The summed E-state index contributed by atoms with van der Waals surface area (Å²) in [4.78, 5) is 38.4. The predicted molar refractivity (Wildman–Crippen MR) is 127 cm³/mol. The van der Waals surface area contributed by atoms with Gasteiger partial charge in [0.25, 0.3) is 11.8 Å². The van der Waals surface area contributed by atoms with E-state index in [0.717, 1.165) is 14.9 Å². The van der Waals surface area contributed by atoms with E-state index in [1.807, 2.05) is 24.3 Å². The molecule has 174 valence electrons. The third-order valence-electron chi connectivity index (χ3n) is 4.94. The monoisotopic (exact) mass is 544 g/mol. The number of furan rings is 1. The second kappa shape index (κ2) is 10.1. The Labute approximate surface area is 208 Å². The van der Waals surface area contributed by atoms with Crippen molar-refractivity contribution in [1.29, 1.82) is 0 Å². The maximum absolute atomic E-state index is 12.9. The van der Waals surface area contributed by atoms with Gasteiger partial charge in [-0.05, 0) is 53.6 Å². The minimum atomic E-state index is -0.823. The molecule has 1 fully saturated rings. The lowest BCUT2D eigenvalue weighted by atomic mass is 10.1. The van der Waals surface area contributed by atoms with E-state index in [9.17, 15) is 14.4 Å². The number of hydrogen-bond acceptors (Lipinski definition) is 6. The quantitative estimate of drug-likeness (QED) is 0.333. The van der Waals surface area contributed by atoms with Gasteiger partial charge in [0.15, 0.2) is 11.5 Å². The van der Waals surface area contributed by atoms with Crippen LogP contribution in [0.5, 0.6) is 11.5 Å². The molecule has 10 heteroatoms. The molecule has 4 amide bonds. The molecule has 1 saturated heterocycles. The third kappa shape index (κ3) is 5.16. The molecule has 34 heavy (non-hydrogen) atoms.